The van der Waals surface area contributed by atoms with E-state index in [9.17, 15) is 4.79 Å². The number of nitrogens with one attached hydrogen (secondary N) is 1. The van der Waals surface area contributed by atoms with E-state index in [0.717, 1.165) is 31.4 Å². The molecule has 1 amide bonds. The second kappa shape index (κ2) is 8.52. The van der Waals surface area contributed by atoms with Crippen LogP contribution < -0.4 is 10.1 Å². The molecule has 1 aromatic heterocycles. The maximum atomic E-state index is 13.2. The Hall–Kier alpha value is -2.79. The summed E-state index contributed by atoms with van der Waals surface area (Å²) in [5.41, 5.74) is 2.75. The van der Waals surface area contributed by atoms with Crippen molar-refractivity contribution in [2.24, 2.45) is 0 Å². The predicted octanol–water partition coefficient (Wildman–Crippen LogP) is 5.55. The second-order valence-electron chi connectivity index (χ2n) is 7.84. The molecule has 2 aromatic carbocycles. The van der Waals surface area contributed by atoms with Gasteiger partial charge < -0.3 is 14.6 Å². The number of hydrogen-bond donors (Lipinski definition) is 1. The lowest BCUT2D eigenvalue weighted by Gasteiger charge is -2.30. The van der Waals surface area contributed by atoms with Crippen LogP contribution in [0.3, 0.4) is 0 Å². The maximum absolute atomic E-state index is 13.2. The van der Waals surface area contributed by atoms with Crippen molar-refractivity contribution in [2.45, 2.75) is 38.0 Å². The fourth-order valence-electron chi connectivity index (χ4n) is 4.38. The third-order valence-corrected chi connectivity index (χ3v) is 6.40. The molecule has 0 saturated heterocycles. The van der Waals surface area contributed by atoms with Crippen LogP contribution in [0.4, 0.5) is 0 Å². The fourth-order valence-corrected chi connectivity index (χ4v) is 4.60. The van der Waals surface area contributed by atoms with Gasteiger partial charge >= 0.3 is 0 Å². The molecule has 1 aliphatic rings. The predicted molar refractivity (Wildman–Crippen MR) is 117 cm³/mol. The first-order chi connectivity index (χ1) is 14.5. The lowest BCUT2D eigenvalue weighted by atomic mass is 9.78. The Morgan fingerprint density at radius 2 is 1.87 bits per heavy atom. The smallest absolute Gasteiger partial charge is 0.257 e. The number of hydrogen-bond acceptors (Lipinski definition) is 4. The van der Waals surface area contributed by atoms with Crippen LogP contribution in [0.2, 0.25) is 5.02 Å². The summed E-state index contributed by atoms with van der Waals surface area (Å²) < 4.78 is 10.6. The highest BCUT2D eigenvalue weighted by molar-refractivity contribution is 6.33. The lowest BCUT2D eigenvalue weighted by molar-refractivity contribution is 0.0942. The van der Waals surface area contributed by atoms with Gasteiger partial charge in [-0.05, 0) is 43.5 Å². The normalized spacial score (nSPS) is 15.2. The third-order valence-electron chi connectivity index (χ3n) is 6.07. The van der Waals surface area contributed by atoms with E-state index in [0.29, 0.717) is 34.1 Å². The standard InChI is InChI=1S/C24H25ClN2O3/c1-16-21(22(27-30-16)19-7-3-4-8-20(19)25)23(28)26-15-24(13-5-6-14-24)17-9-11-18(29-2)12-10-17/h3-4,7-12H,5-6,13-15H2,1-2H3,(H,26,28). The quantitative estimate of drug-likeness (QED) is 0.563. The number of ether oxygens (including phenoxy) is 1. The van der Waals surface area contributed by atoms with E-state index >= 15 is 0 Å². The Labute approximate surface area is 181 Å². The van der Waals surface area contributed by atoms with Crippen molar-refractivity contribution in [3.63, 3.8) is 0 Å². The first-order valence-corrected chi connectivity index (χ1v) is 10.6. The van der Waals surface area contributed by atoms with Crippen molar-refractivity contribution in [2.75, 3.05) is 13.7 Å². The molecule has 0 unspecified atom stereocenters. The number of benzene rings is 2. The third kappa shape index (κ3) is 3.82. The first kappa shape index (κ1) is 20.5. The topological polar surface area (TPSA) is 64.4 Å². The lowest BCUT2D eigenvalue weighted by Crippen LogP contribution is -2.39. The van der Waals surface area contributed by atoms with Gasteiger partial charge in [0.05, 0.1) is 12.1 Å². The number of rotatable bonds is 6. The van der Waals surface area contributed by atoms with E-state index in [1.54, 1.807) is 20.1 Å². The van der Waals surface area contributed by atoms with E-state index in [4.69, 9.17) is 20.9 Å². The molecular formula is C24H25ClN2O3. The van der Waals surface area contributed by atoms with Crippen LogP contribution >= 0.6 is 11.6 Å². The summed E-state index contributed by atoms with van der Waals surface area (Å²) in [6.07, 6.45) is 4.39. The zero-order valence-electron chi connectivity index (χ0n) is 17.2. The molecule has 30 heavy (non-hydrogen) atoms. The number of nitrogens with zero attached hydrogens (tertiary/aromatic N) is 1. The molecular weight excluding hydrogens is 400 g/mol. The molecule has 0 atom stereocenters. The number of amides is 1. The van der Waals surface area contributed by atoms with Crippen molar-refractivity contribution in [1.29, 1.82) is 0 Å². The number of methoxy groups -OCH3 is 1. The maximum Gasteiger partial charge on any atom is 0.257 e. The highest BCUT2D eigenvalue weighted by Gasteiger charge is 2.36. The number of halogens is 1. The second-order valence-corrected chi connectivity index (χ2v) is 8.25. The van der Waals surface area contributed by atoms with Crippen LogP contribution in [0.1, 0.15) is 47.4 Å². The molecule has 1 saturated carbocycles. The minimum Gasteiger partial charge on any atom is -0.497 e. The molecule has 6 heteroatoms. The molecule has 5 nitrogen and oxygen atoms in total. The van der Waals surface area contributed by atoms with Crippen molar-refractivity contribution in [3.05, 3.63) is 70.4 Å². The average Bonchev–Trinajstić information content (AvgIpc) is 3.40. The molecule has 1 N–H and O–H groups in total. The Morgan fingerprint density at radius 1 is 1.17 bits per heavy atom. The van der Waals surface area contributed by atoms with E-state index in [-0.39, 0.29) is 11.3 Å². The van der Waals surface area contributed by atoms with Gasteiger partial charge in [0.1, 0.15) is 22.8 Å². The zero-order valence-corrected chi connectivity index (χ0v) is 18.0. The van der Waals surface area contributed by atoms with Crippen molar-refractivity contribution < 1.29 is 14.1 Å². The van der Waals surface area contributed by atoms with Gasteiger partial charge in [-0.1, -0.05) is 59.9 Å². The monoisotopic (exact) mass is 424 g/mol. The number of aromatic nitrogens is 1. The van der Waals surface area contributed by atoms with Gasteiger partial charge in [-0.2, -0.15) is 0 Å². The molecule has 1 fully saturated rings. The fraction of sp³-hybridized carbons (Fsp3) is 0.333. The summed E-state index contributed by atoms with van der Waals surface area (Å²) in [5.74, 6) is 1.12. The number of aryl methyl sites for hydroxylation is 1. The molecule has 0 bridgehead atoms. The zero-order chi connectivity index (χ0) is 21.1. The van der Waals surface area contributed by atoms with Crippen molar-refractivity contribution in [3.8, 4) is 17.0 Å². The van der Waals surface area contributed by atoms with Gasteiger partial charge in [0.2, 0.25) is 0 Å². The molecule has 156 valence electrons. The number of carbonyl (C=O) groups excluding carboxylic acids is 1. The minimum atomic E-state index is -0.191. The first-order valence-electron chi connectivity index (χ1n) is 10.2. The summed E-state index contributed by atoms with van der Waals surface area (Å²) >= 11 is 6.33. The Morgan fingerprint density at radius 3 is 2.53 bits per heavy atom. The van der Waals surface area contributed by atoms with Crippen LogP contribution in [-0.2, 0) is 5.41 Å². The molecule has 0 aliphatic heterocycles. The highest BCUT2D eigenvalue weighted by atomic mass is 35.5. The van der Waals surface area contributed by atoms with Crippen LogP contribution in [-0.4, -0.2) is 24.7 Å². The molecule has 3 aromatic rings. The van der Waals surface area contributed by atoms with Crippen LogP contribution in [0.25, 0.3) is 11.3 Å². The molecule has 1 aliphatic carbocycles. The van der Waals surface area contributed by atoms with Gasteiger partial charge in [0.15, 0.2) is 0 Å². The van der Waals surface area contributed by atoms with E-state index < -0.39 is 0 Å². The van der Waals surface area contributed by atoms with Gasteiger partial charge in [-0.25, -0.2) is 0 Å². The molecule has 4 rings (SSSR count). The SMILES string of the molecule is COc1ccc(C2(CNC(=O)c3c(-c4ccccc4Cl)noc3C)CCCC2)cc1. The van der Waals surface area contributed by atoms with Crippen LogP contribution in [0.5, 0.6) is 5.75 Å². The molecule has 0 radical (unpaired) electrons. The van der Waals surface area contributed by atoms with Gasteiger partial charge in [-0.15, -0.1) is 0 Å². The Balaban J connectivity index is 1.58. The molecule has 0 spiro atoms. The van der Waals surface area contributed by atoms with E-state index in [2.05, 4.69) is 22.6 Å². The summed E-state index contributed by atoms with van der Waals surface area (Å²) in [5, 5.41) is 7.79. The van der Waals surface area contributed by atoms with Crippen LogP contribution in [0.15, 0.2) is 53.1 Å². The summed E-state index contributed by atoms with van der Waals surface area (Å²) in [6, 6.07) is 15.5. The van der Waals surface area contributed by atoms with Crippen molar-refractivity contribution >= 4 is 17.5 Å². The van der Waals surface area contributed by atoms with Gasteiger partial charge in [0, 0.05) is 17.5 Å². The molecule has 1 heterocycles. The Kier molecular flexibility index (Phi) is 5.82. The Bertz CT molecular complexity index is 1040. The van der Waals surface area contributed by atoms with E-state index in [1.165, 1.54) is 5.56 Å². The van der Waals surface area contributed by atoms with Crippen LogP contribution in [0, 0.1) is 6.92 Å². The van der Waals surface area contributed by atoms with E-state index in [1.807, 2.05) is 30.3 Å². The van der Waals surface area contributed by atoms with Gasteiger partial charge in [-0.3, -0.25) is 4.79 Å². The van der Waals surface area contributed by atoms with Gasteiger partial charge in [0.25, 0.3) is 5.91 Å². The van der Waals surface area contributed by atoms with Crippen molar-refractivity contribution in [1.82, 2.24) is 10.5 Å². The summed E-state index contributed by atoms with van der Waals surface area (Å²) in [7, 11) is 1.67. The largest absolute Gasteiger partial charge is 0.497 e. The summed E-state index contributed by atoms with van der Waals surface area (Å²) in [4.78, 5) is 13.2. The summed E-state index contributed by atoms with van der Waals surface area (Å²) in [6.45, 7) is 2.31. The average molecular weight is 425 g/mol. The highest BCUT2D eigenvalue weighted by Crippen LogP contribution is 2.41. The number of carbonyl (C=O) groups is 1. The minimum absolute atomic E-state index is 0.0719.